The van der Waals surface area contributed by atoms with Crippen LogP contribution in [0.15, 0.2) is 18.2 Å². The number of carbonyl (C=O) groups excluding carboxylic acids is 2. The largest absolute Gasteiger partial charge is 0.506 e. The van der Waals surface area contributed by atoms with Gasteiger partial charge in [0.15, 0.2) is 0 Å². The fourth-order valence-corrected chi connectivity index (χ4v) is 2.91. The summed E-state index contributed by atoms with van der Waals surface area (Å²) in [6.07, 6.45) is 1.41. The fraction of sp³-hybridized carbons (Fsp3) is 0.471. The van der Waals surface area contributed by atoms with E-state index >= 15 is 0 Å². The molecule has 2 rings (SSSR count). The third-order valence-corrected chi connectivity index (χ3v) is 4.45. The lowest BCUT2D eigenvalue weighted by Gasteiger charge is -2.31. The van der Waals surface area contributed by atoms with Crippen LogP contribution in [-0.4, -0.2) is 52.7 Å². The van der Waals surface area contributed by atoms with Gasteiger partial charge in [0.25, 0.3) is 0 Å². The molecular formula is C17H22ClN3O5. The summed E-state index contributed by atoms with van der Waals surface area (Å²) in [4.78, 5) is 36.4. The average Bonchev–Trinajstić information content (AvgIpc) is 2.61. The molecule has 1 aromatic rings. The van der Waals surface area contributed by atoms with Gasteiger partial charge in [0.2, 0.25) is 5.91 Å². The van der Waals surface area contributed by atoms with E-state index in [0.717, 1.165) is 0 Å². The summed E-state index contributed by atoms with van der Waals surface area (Å²) in [7, 11) is 0. The number of amides is 3. The molecule has 0 saturated carbocycles. The van der Waals surface area contributed by atoms with Crippen LogP contribution in [0.4, 0.5) is 10.5 Å². The zero-order valence-corrected chi connectivity index (χ0v) is 15.0. The highest BCUT2D eigenvalue weighted by atomic mass is 35.5. The monoisotopic (exact) mass is 383 g/mol. The standard InChI is InChI=1S/C17H22ClN3O5/c18-12-3-4-14(22)13(10-12)20-16(25)11-5-8-21(9-6-11)17(26)19-7-1-2-15(23)24/h3-4,10-11,22H,1-2,5-9H2,(H,19,26)(H,20,25)(H,23,24). The number of carboxylic acids is 1. The van der Waals surface area contributed by atoms with Crippen LogP contribution >= 0.6 is 11.6 Å². The maximum atomic E-state index is 12.3. The van der Waals surface area contributed by atoms with Crippen molar-refractivity contribution in [3.63, 3.8) is 0 Å². The van der Waals surface area contributed by atoms with Gasteiger partial charge in [-0.2, -0.15) is 0 Å². The number of aliphatic carboxylic acids is 1. The number of rotatable bonds is 6. The molecule has 1 aliphatic heterocycles. The number of carbonyl (C=O) groups is 3. The number of benzene rings is 1. The second-order valence-corrected chi connectivity index (χ2v) is 6.58. The van der Waals surface area contributed by atoms with Crippen molar-refractivity contribution in [1.29, 1.82) is 0 Å². The molecule has 0 aliphatic carbocycles. The first-order valence-electron chi connectivity index (χ1n) is 8.40. The van der Waals surface area contributed by atoms with Crippen LogP contribution in [0, 0.1) is 5.92 Å². The first-order valence-corrected chi connectivity index (χ1v) is 8.78. The number of nitrogens with zero attached hydrogens (tertiary/aromatic N) is 1. The number of hydrogen-bond donors (Lipinski definition) is 4. The molecule has 3 amide bonds. The lowest BCUT2D eigenvalue weighted by Crippen LogP contribution is -2.46. The highest BCUT2D eigenvalue weighted by molar-refractivity contribution is 6.31. The van der Waals surface area contributed by atoms with Crippen molar-refractivity contribution in [1.82, 2.24) is 10.2 Å². The number of likely N-dealkylation sites (tertiary alicyclic amines) is 1. The lowest BCUT2D eigenvalue weighted by atomic mass is 9.96. The summed E-state index contributed by atoms with van der Waals surface area (Å²) < 4.78 is 0. The molecule has 0 radical (unpaired) electrons. The van der Waals surface area contributed by atoms with Crippen molar-refractivity contribution in [2.45, 2.75) is 25.7 Å². The zero-order valence-electron chi connectivity index (χ0n) is 14.2. The zero-order chi connectivity index (χ0) is 19.1. The number of phenolic OH excluding ortho intramolecular Hbond substituents is 1. The third kappa shape index (κ3) is 5.80. The number of phenols is 1. The normalized spacial score (nSPS) is 14.7. The Morgan fingerprint density at radius 1 is 1.23 bits per heavy atom. The van der Waals surface area contributed by atoms with Crippen molar-refractivity contribution < 1.29 is 24.6 Å². The quantitative estimate of drug-likeness (QED) is 0.444. The Hall–Kier alpha value is -2.48. The van der Waals surface area contributed by atoms with Crippen molar-refractivity contribution in [2.75, 3.05) is 25.0 Å². The summed E-state index contributed by atoms with van der Waals surface area (Å²) in [5, 5.41) is 24.1. The Kier molecular flexibility index (Phi) is 7.08. The van der Waals surface area contributed by atoms with Crippen molar-refractivity contribution >= 4 is 35.2 Å². The van der Waals surface area contributed by atoms with E-state index in [2.05, 4.69) is 10.6 Å². The molecule has 9 heteroatoms. The minimum atomic E-state index is -0.892. The van der Waals surface area contributed by atoms with Gasteiger partial charge in [-0.15, -0.1) is 0 Å². The first-order chi connectivity index (χ1) is 12.4. The Labute approximate surface area is 156 Å². The number of hydrogen-bond acceptors (Lipinski definition) is 4. The summed E-state index contributed by atoms with van der Waals surface area (Å²) in [6.45, 7) is 1.17. The Bertz CT molecular complexity index is 674. The van der Waals surface area contributed by atoms with Gasteiger partial charge in [-0.1, -0.05) is 11.6 Å². The summed E-state index contributed by atoms with van der Waals surface area (Å²) in [5.41, 5.74) is 0.265. The van der Waals surface area contributed by atoms with Crippen LogP contribution in [0.3, 0.4) is 0 Å². The molecule has 26 heavy (non-hydrogen) atoms. The molecule has 0 unspecified atom stereocenters. The maximum Gasteiger partial charge on any atom is 0.317 e. The van der Waals surface area contributed by atoms with E-state index in [4.69, 9.17) is 16.7 Å². The minimum Gasteiger partial charge on any atom is -0.506 e. The van der Waals surface area contributed by atoms with E-state index in [-0.39, 0.29) is 35.7 Å². The number of nitrogens with one attached hydrogen (secondary N) is 2. The van der Waals surface area contributed by atoms with Gasteiger partial charge in [-0.3, -0.25) is 9.59 Å². The highest BCUT2D eigenvalue weighted by Gasteiger charge is 2.27. The smallest absolute Gasteiger partial charge is 0.317 e. The molecule has 1 saturated heterocycles. The number of halogens is 1. The topological polar surface area (TPSA) is 119 Å². The third-order valence-electron chi connectivity index (χ3n) is 4.21. The van der Waals surface area contributed by atoms with Gasteiger partial charge in [-0.05, 0) is 37.5 Å². The molecule has 1 aromatic carbocycles. The van der Waals surface area contributed by atoms with Crippen molar-refractivity contribution in [3.05, 3.63) is 23.2 Å². The van der Waals surface area contributed by atoms with E-state index in [1.165, 1.54) is 18.2 Å². The molecule has 1 heterocycles. The number of carboxylic acid groups (broad SMARTS) is 1. The number of urea groups is 1. The van der Waals surface area contributed by atoms with Gasteiger partial charge >= 0.3 is 12.0 Å². The number of aromatic hydroxyl groups is 1. The second kappa shape index (κ2) is 9.28. The molecule has 8 nitrogen and oxygen atoms in total. The van der Waals surface area contributed by atoms with E-state index in [1.54, 1.807) is 4.90 Å². The molecule has 142 valence electrons. The average molecular weight is 384 g/mol. The van der Waals surface area contributed by atoms with Gasteiger partial charge in [0, 0.05) is 37.0 Å². The van der Waals surface area contributed by atoms with Gasteiger partial charge in [0.1, 0.15) is 5.75 Å². The second-order valence-electron chi connectivity index (χ2n) is 6.14. The van der Waals surface area contributed by atoms with Crippen LogP contribution < -0.4 is 10.6 Å². The predicted octanol–water partition coefficient (Wildman–Crippen LogP) is 2.27. The van der Waals surface area contributed by atoms with Gasteiger partial charge < -0.3 is 25.7 Å². The van der Waals surface area contributed by atoms with Crippen molar-refractivity contribution in [3.8, 4) is 5.75 Å². The van der Waals surface area contributed by atoms with Crippen LogP contribution in [0.2, 0.25) is 5.02 Å². The first kappa shape index (κ1) is 19.8. The Morgan fingerprint density at radius 3 is 2.58 bits per heavy atom. The molecular weight excluding hydrogens is 362 g/mol. The van der Waals surface area contributed by atoms with Crippen LogP contribution in [0.5, 0.6) is 5.75 Å². The molecule has 0 atom stereocenters. The molecule has 1 fully saturated rings. The van der Waals surface area contributed by atoms with E-state index in [9.17, 15) is 19.5 Å². The SMILES string of the molecule is O=C(O)CCCNC(=O)N1CCC(C(=O)Nc2cc(Cl)ccc2O)CC1. The summed E-state index contributed by atoms with van der Waals surface area (Å²) >= 11 is 5.86. The van der Waals surface area contributed by atoms with Crippen LogP contribution in [0.25, 0.3) is 0 Å². The fourth-order valence-electron chi connectivity index (χ4n) is 2.73. The molecule has 4 N–H and O–H groups in total. The highest BCUT2D eigenvalue weighted by Crippen LogP contribution is 2.28. The molecule has 0 bridgehead atoms. The maximum absolute atomic E-state index is 12.3. The summed E-state index contributed by atoms with van der Waals surface area (Å²) in [6, 6.07) is 4.17. The van der Waals surface area contributed by atoms with Crippen molar-refractivity contribution in [2.24, 2.45) is 5.92 Å². The Morgan fingerprint density at radius 2 is 1.92 bits per heavy atom. The molecule has 0 spiro atoms. The van der Waals surface area contributed by atoms with Crippen LogP contribution in [0.1, 0.15) is 25.7 Å². The lowest BCUT2D eigenvalue weighted by molar-refractivity contribution is -0.137. The Balaban J connectivity index is 1.76. The molecule has 0 aromatic heterocycles. The number of anilines is 1. The predicted molar refractivity (Wildman–Crippen MR) is 96.3 cm³/mol. The number of piperidine rings is 1. The molecule has 1 aliphatic rings. The van der Waals surface area contributed by atoms with E-state index in [1.807, 2.05) is 0 Å². The van der Waals surface area contributed by atoms with E-state index < -0.39 is 5.97 Å². The van der Waals surface area contributed by atoms with Gasteiger partial charge in [-0.25, -0.2) is 4.79 Å². The van der Waals surface area contributed by atoms with Gasteiger partial charge in [0.05, 0.1) is 5.69 Å². The van der Waals surface area contributed by atoms with Crippen LogP contribution in [-0.2, 0) is 9.59 Å². The summed E-state index contributed by atoms with van der Waals surface area (Å²) in [5.74, 6) is -1.42. The minimum absolute atomic E-state index is 0.0128. The van der Waals surface area contributed by atoms with E-state index in [0.29, 0.717) is 43.9 Å².